The number of carbonyl (C=O) groups is 1. The summed E-state index contributed by atoms with van der Waals surface area (Å²) < 4.78 is 1.96. The maximum absolute atomic E-state index is 11.2. The fraction of sp³-hybridized carbons (Fsp3) is 0.167. The second-order valence-electron chi connectivity index (χ2n) is 3.90. The topological polar surface area (TPSA) is 60.9 Å². The van der Waals surface area contributed by atoms with Crippen molar-refractivity contribution in [2.75, 3.05) is 0 Å². The molecule has 1 aromatic heterocycles. The Bertz CT molecular complexity index is 571. The molecular weight excluding hydrogens is 202 g/mol. The molecule has 4 heteroatoms. The van der Waals surface area contributed by atoms with E-state index in [1.165, 1.54) is 5.56 Å². The zero-order chi connectivity index (χ0) is 11.1. The Balaban J connectivity index is 2.23. The first kappa shape index (κ1) is 9.15. The van der Waals surface area contributed by atoms with Crippen LogP contribution in [0.15, 0.2) is 30.6 Å². The van der Waals surface area contributed by atoms with Crippen molar-refractivity contribution >= 4 is 5.91 Å². The fourth-order valence-corrected chi connectivity index (χ4v) is 2.24. The van der Waals surface area contributed by atoms with Crippen molar-refractivity contribution in [3.05, 3.63) is 47.5 Å². The molecule has 1 aromatic carbocycles. The van der Waals surface area contributed by atoms with Crippen molar-refractivity contribution in [3.63, 3.8) is 0 Å². The Morgan fingerprint density at radius 1 is 1.31 bits per heavy atom. The Labute approximate surface area is 92.7 Å². The summed E-state index contributed by atoms with van der Waals surface area (Å²) >= 11 is 0. The average molecular weight is 213 g/mol. The molecule has 0 unspecified atom stereocenters. The number of hydrogen-bond acceptors (Lipinski definition) is 2. The van der Waals surface area contributed by atoms with Gasteiger partial charge in [0.1, 0.15) is 12.0 Å². The van der Waals surface area contributed by atoms with Crippen molar-refractivity contribution in [2.24, 2.45) is 5.73 Å². The Kier molecular flexibility index (Phi) is 1.83. The minimum Gasteiger partial charge on any atom is -0.364 e. The van der Waals surface area contributed by atoms with Gasteiger partial charge in [-0.15, -0.1) is 0 Å². The third-order valence-corrected chi connectivity index (χ3v) is 2.98. The summed E-state index contributed by atoms with van der Waals surface area (Å²) in [7, 11) is 0. The lowest BCUT2D eigenvalue weighted by Gasteiger charge is -2.18. The van der Waals surface area contributed by atoms with Crippen LogP contribution in [0.25, 0.3) is 5.69 Å². The number of primary amides is 1. The Morgan fingerprint density at radius 3 is 2.94 bits per heavy atom. The highest BCUT2D eigenvalue weighted by Gasteiger charge is 2.21. The van der Waals surface area contributed by atoms with E-state index in [4.69, 9.17) is 5.73 Å². The molecule has 0 aliphatic carbocycles. The van der Waals surface area contributed by atoms with E-state index < -0.39 is 5.91 Å². The zero-order valence-electron chi connectivity index (χ0n) is 8.68. The van der Waals surface area contributed by atoms with Crippen LogP contribution in [0.5, 0.6) is 0 Å². The number of nitrogens with two attached hydrogens (primary N) is 1. The van der Waals surface area contributed by atoms with E-state index in [1.54, 1.807) is 6.33 Å². The molecule has 2 heterocycles. The molecule has 3 rings (SSSR count). The van der Waals surface area contributed by atoms with E-state index in [0.717, 1.165) is 24.2 Å². The summed E-state index contributed by atoms with van der Waals surface area (Å²) in [5, 5.41) is 0. The van der Waals surface area contributed by atoms with E-state index >= 15 is 0 Å². The van der Waals surface area contributed by atoms with Gasteiger partial charge in [0, 0.05) is 5.69 Å². The van der Waals surface area contributed by atoms with Crippen molar-refractivity contribution in [3.8, 4) is 5.69 Å². The Morgan fingerprint density at radius 2 is 2.12 bits per heavy atom. The largest absolute Gasteiger partial charge is 0.364 e. The first-order chi connectivity index (χ1) is 7.77. The summed E-state index contributed by atoms with van der Waals surface area (Å²) in [6.45, 7) is 0. The second kappa shape index (κ2) is 3.20. The summed E-state index contributed by atoms with van der Waals surface area (Å²) in [6, 6.07) is 8.14. The molecule has 1 amide bonds. The molecule has 0 saturated heterocycles. The summed E-state index contributed by atoms with van der Waals surface area (Å²) in [5.41, 5.74) is 8.99. The maximum Gasteiger partial charge on any atom is 0.269 e. The lowest BCUT2D eigenvalue weighted by atomic mass is 10.0. The molecule has 0 fully saturated rings. The number of aryl methyl sites for hydroxylation is 1. The number of hydrogen-bond donors (Lipinski definition) is 1. The third kappa shape index (κ3) is 1.16. The second-order valence-corrected chi connectivity index (χ2v) is 3.90. The lowest BCUT2D eigenvalue weighted by molar-refractivity contribution is 0.0995. The Hall–Kier alpha value is -2.10. The number of amides is 1. The van der Waals surface area contributed by atoms with Crippen molar-refractivity contribution in [1.29, 1.82) is 0 Å². The number of fused-ring (bicyclic) bond motifs is 3. The van der Waals surface area contributed by atoms with Crippen LogP contribution in [0.4, 0.5) is 0 Å². The van der Waals surface area contributed by atoms with Gasteiger partial charge in [0.2, 0.25) is 0 Å². The highest BCUT2D eigenvalue weighted by molar-refractivity contribution is 5.92. The monoisotopic (exact) mass is 213 g/mol. The fourth-order valence-electron chi connectivity index (χ4n) is 2.24. The number of imidazole rings is 1. The first-order valence-electron chi connectivity index (χ1n) is 5.21. The van der Waals surface area contributed by atoms with Gasteiger partial charge in [-0.1, -0.05) is 18.2 Å². The minimum absolute atomic E-state index is 0.398. The van der Waals surface area contributed by atoms with Crippen molar-refractivity contribution in [2.45, 2.75) is 12.8 Å². The molecule has 2 N–H and O–H groups in total. The molecular formula is C12H11N3O. The molecule has 0 saturated carbocycles. The molecule has 1 aliphatic heterocycles. The lowest BCUT2D eigenvalue weighted by Crippen LogP contribution is -2.18. The van der Waals surface area contributed by atoms with Crippen LogP contribution in [0, 0.1) is 0 Å². The van der Waals surface area contributed by atoms with Crippen molar-refractivity contribution < 1.29 is 4.79 Å². The van der Waals surface area contributed by atoms with Gasteiger partial charge in [-0.3, -0.25) is 4.79 Å². The molecule has 1 aliphatic rings. The standard InChI is InChI=1S/C12H11N3O/c13-12(16)11-10-6-5-8-3-1-2-4-9(8)15(10)7-14-11/h1-4,7H,5-6H2,(H2,13,16). The molecule has 80 valence electrons. The van der Waals surface area contributed by atoms with E-state index in [9.17, 15) is 4.79 Å². The van der Waals surface area contributed by atoms with Crippen LogP contribution in [-0.4, -0.2) is 15.5 Å². The average Bonchev–Trinajstić information content (AvgIpc) is 2.73. The number of rotatable bonds is 1. The predicted octanol–water partition coefficient (Wildman–Crippen LogP) is 1.07. The first-order valence-corrected chi connectivity index (χ1v) is 5.21. The van der Waals surface area contributed by atoms with Gasteiger partial charge in [0.15, 0.2) is 0 Å². The predicted molar refractivity (Wildman–Crippen MR) is 59.5 cm³/mol. The van der Waals surface area contributed by atoms with E-state index in [2.05, 4.69) is 11.1 Å². The van der Waals surface area contributed by atoms with Gasteiger partial charge in [0.05, 0.1) is 5.69 Å². The molecule has 4 nitrogen and oxygen atoms in total. The highest BCUT2D eigenvalue weighted by Crippen LogP contribution is 2.25. The number of carbonyl (C=O) groups excluding carboxylic acids is 1. The molecule has 16 heavy (non-hydrogen) atoms. The molecule has 0 radical (unpaired) electrons. The molecule has 0 spiro atoms. The van der Waals surface area contributed by atoms with Gasteiger partial charge >= 0.3 is 0 Å². The van der Waals surface area contributed by atoms with Crippen LogP contribution < -0.4 is 5.73 Å². The highest BCUT2D eigenvalue weighted by atomic mass is 16.1. The number of nitrogens with zero attached hydrogens (tertiary/aromatic N) is 2. The van der Waals surface area contributed by atoms with E-state index in [-0.39, 0.29) is 0 Å². The summed E-state index contributed by atoms with van der Waals surface area (Å²) in [5.74, 6) is -0.451. The van der Waals surface area contributed by atoms with Crippen LogP contribution in [-0.2, 0) is 12.8 Å². The number of para-hydroxylation sites is 1. The van der Waals surface area contributed by atoms with Gasteiger partial charge in [-0.2, -0.15) is 0 Å². The molecule has 0 atom stereocenters. The maximum atomic E-state index is 11.2. The van der Waals surface area contributed by atoms with E-state index in [1.807, 2.05) is 22.8 Å². The SMILES string of the molecule is NC(=O)c1ncn2c1CCc1ccccc1-2. The van der Waals surface area contributed by atoms with Gasteiger partial charge in [0.25, 0.3) is 5.91 Å². The van der Waals surface area contributed by atoms with Gasteiger partial charge < -0.3 is 10.3 Å². The van der Waals surface area contributed by atoms with Gasteiger partial charge in [-0.05, 0) is 24.5 Å². The van der Waals surface area contributed by atoms with Crippen LogP contribution in [0.3, 0.4) is 0 Å². The normalized spacial score (nSPS) is 13.0. The van der Waals surface area contributed by atoms with Gasteiger partial charge in [-0.25, -0.2) is 4.98 Å². The summed E-state index contributed by atoms with van der Waals surface area (Å²) in [4.78, 5) is 15.3. The number of aromatic nitrogens is 2. The summed E-state index contributed by atoms with van der Waals surface area (Å²) in [6.07, 6.45) is 3.42. The zero-order valence-corrected chi connectivity index (χ0v) is 8.68. The van der Waals surface area contributed by atoms with E-state index in [0.29, 0.717) is 5.69 Å². The smallest absolute Gasteiger partial charge is 0.269 e. The quantitative estimate of drug-likeness (QED) is 0.770. The molecule has 2 aromatic rings. The van der Waals surface area contributed by atoms with Crippen LogP contribution in [0.2, 0.25) is 0 Å². The van der Waals surface area contributed by atoms with Crippen LogP contribution in [0.1, 0.15) is 21.7 Å². The number of benzene rings is 1. The molecule has 0 bridgehead atoms. The van der Waals surface area contributed by atoms with Crippen molar-refractivity contribution in [1.82, 2.24) is 9.55 Å². The van der Waals surface area contributed by atoms with Crippen LogP contribution >= 0.6 is 0 Å². The third-order valence-electron chi connectivity index (χ3n) is 2.98. The minimum atomic E-state index is -0.451.